The zero-order valence-corrected chi connectivity index (χ0v) is 9.96. The lowest BCUT2D eigenvalue weighted by Crippen LogP contribution is -2.11. The molecule has 3 heteroatoms. The zero-order chi connectivity index (χ0) is 11.7. The van der Waals surface area contributed by atoms with Crippen LogP contribution in [-0.2, 0) is 6.42 Å². The summed E-state index contributed by atoms with van der Waals surface area (Å²) in [6, 6.07) is 6.44. The fourth-order valence-electron chi connectivity index (χ4n) is 2.07. The van der Waals surface area contributed by atoms with Crippen LogP contribution < -0.4 is 11.3 Å². The molecular weight excluding hydrogens is 198 g/mol. The van der Waals surface area contributed by atoms with Crippen molar-refractivity contribution in [1.82, 2.24) is 4.98 Å². The van der Waals surface area contributed by atoms with Crippen molar-refractivity contribution < 1.29 is 0 Å². The number of nitrogens with two attached hydrogens (primary N) is 1. The van der Waals surface area contributed by atoms with Gasteiger partial charge in [0, 0.05) is 5.39 Å². The van der Waals surface area contributed by atoms with Crippen molar-refractivity contribution in [3.8, 4) is 0 Å². The molecule has 1 aromatic heterocycles. The molecule has 1 aromatic carbocycles. The van der Waals surface area contributed by atoms with Crippen LogP contribution in [0.25, 0.3) is 10.9 Å². The Morgan fingerprint density at radius 2 is 2.00 bits per heavy atom. The van der Waals surface area contributed by atoms with Crippen molar-refractivity contribution in [1.29, 1.82) is 0 Å². The third kappa shape index (κ3) is 1.74. The zero-order valence-electron chi connectivity index (χ0n) is 9.96. The summed E-state index contributed by atoms with van der Waals surface area (Å²) in [5.74, 6) is 6.26. The summed E-state index contributed by atoms with van der Waals surface area (Å²) < 4.78 is 0. The quantitative estimate of drug-likeness (QED) is 0.598. The molecule has 0 aliphatic carbocycles. The Kier molecular flexibility index (Phi) is 2.79. The molecule has 0 bridgehead atoms. The number of benzene rings is 1. The van der Waals surface area contributed by atoms with E-state index in [0.29, 0.717) is 0 Å². The maximum atomic E-state index is 5.48. The molecule has 16 heavy (non-hydrogen) atoms. The molecule has 0 unspecified atom stereocenters. The summed E-state index contributed by atoms with van der Waals surface area (Å²) in [6.45, 7) is 6.30. The Morgan fingerprint density at radius 3 is 2.62 bits per heavy atom. The number of nitrogen functional groups attached to an aromatic ring is 1. The Morgan fingerprint density at radius 1 is 1.25 bits per heavy atom. The highest BCUT2D eigenvalue weighted by Gasteiger charge is 2.06. The van der Waals surface area contributed by atoms with Crippen LogP contribution >= 0.6 is 0 Å². The number of anilines is 1. The van der Waals surface area contributed by atoms with Crippen LogP contribution in [0.4, 0.5) is 5.82 Å². The van der Waals surface area contributed by atoms with Gasteiger partial charge in [-0.2, -0.15) is 0 Å². The molecule has 2 rings (SSSR count). The predicted octanol–water partition coefficient (Wildman–Crippen LogP) is 2.70. The van der Waals surface area contributed by atoms with Gasteiger partial charge in [-0.1, -0.05) is 13.0 Å². The smallest absolute Gasteiger partial charge is 0.143 e. The molecule has 1 heterocycles. The molecule has 0 fully saturated rings. The fraction of sp³-hybridized carbons (Fsp3) is 0.308. The number of nitrogens with zero attached hydrogens (tertiary/aromatic N) is 1. The first-order valence-corrected chi connectivity index (χ1v) is 5.53. The number of fused-ring (bicyclic) bond motifs is 1. The highest BCUT2D eigenvalue weighted by molar-refractivity contribution is 5.85. The van der Waals surface area contributed by atoms with E-state index in [-0.39, 0.29) is 0 Å². The van der Waals surface area contributed by atoms with Crippen LogP contribution in [-0.4, -0.2) is 4.98 Å². The first-order chi connectivity index (χ1) is 7.65. The van der Waals surface area contributed by atoms with Crippen LogP contribution in [0, 0.1) is 13.8 Å². The average molecular weight is 215 g/mol. The molecule has 0 saturated heterocycles. The lowest BCUT2D eigenvalue weighted by molar-refractivity contribution is 1.10. The van der Waals surface area contributed by atoms with Crippen molar-refractivity contribution >= 4 is 16.7 Å². The van der Waals surface area contributed by atoms with E-state index in [1.165, 1.54) is 16.5 Å². The fourth-order valence-corrected chi connectivity index (χ4v) is 2.07. The van der Waals surface area contributed by atoms with Gasteiger partial charge in [0.05, 0.1) is 5.52 Å². The average Bonchev–Trinajstić information content (AvgIpc) is 2.27. The van der Waals surface area contributed by atoms with E-state index >= 15 is 0 Å². The van der Waals surface area contributed by atoms with E-state index in [1.807, 2.05) is 0 Å². The number of aryl methyl sites for hydroxylation is 3. The molecule has 2 aromatic rings. The Labute approximate surface area is 95.7 Å². The highest BCUT2D eigenvalue weighted by atomic mass is 15.2. The van der Waals surface area contributed by atoms with Crippen LogP contribution in [0.3, 0.4) is 0 Å². The van der Waals surface area contributed by atoms with Crippen molar-refractivity contribution in [2.45, 2.75) is 27.2 Å². The summed E-state index contributed by atoms with van der Waals surface area (Å²) in [5, 5.41) is 1.21. The van der Waals surface area contributed by atoms with E-state index in [9.17, 15) is 0 Å². The minimum atomic E-state index is 0.778. The molecular formula is C13H17N3. The normalized spacial score (nSPS) is 10.8. The van der Waals surface area contributed by atoms with Crippen LogP contribution in [0.5, 0.6) is 0 Å². The van der Waals surface area contributed by atoms with Gasteiger partial charge in [-0.3, -0.25) is 0 Å². The summed E-state index contributed by atoms with van der Waals surface area (Å²) in [4.78, 5) is 4.55. The van der Waals surface area contributed by atoms with Gasteiger partial charge in [-0.25, -0.2) is 10.8 Å². The molecule has 0 radical (unpaired) electrons. The van der Waals surface area contributed by atoms with Crippen molar-refractivity contribution in [2.24, 2.45) is 5.84 Å². The van der Waals surface area contributed by atoms with E-state index < -0.39 is 0 Å². The molecule has 0 atom stereocenters. The molecule has 0 aliphatic heterocycles. The number of hydrogen-bond donors (Lipinski definition) is 2. The number of aromatic nitrogens is 1. The standard InChI is InChI=1S/C13H17N3/c1-4-10-7-11-9(3)5-8(2)6-12(11)15-13(10)16-14/h5-7H,4,14H2,1-3H3,(H,15,16). The van der Waals surface area contributed by atoms with Crippen LogP contribution in [0.1, 0.15) is 23.6 Å². The first kappa shape index (κ1) is 10.9. The summed E-state index contributed by atoms with van der Waals surface area (Å²) in [6.07, 6.45) is 0.926. The minimum absolute atomic E-state index is 0.778. The van der Waals surface area contributed by atoms with E-state index in [0.717, 1.165) is 23.3 Å². The van der Waals surface area contributed by atoms with Gasteiger partial charge in [0.15, 0.2) is 0 Å². The molecule has 0 aliphatic rings. The van der Waals surface area contributed by atoms with E-state index in [4.69, 9.17) is 5.84 Å². The molecule has 3 N–H and O–H groups in total. The monoisotopic (exact) mass is 215 g/mol. The largest absolute Gasteiger partial charge is 0.308 e. The minimum Gasteiger partial charge on any atom is -0.308 e. The first-order valence-electron chi connectivity index (χ1n) is 5.53. The Hall–Kier alpha value is -1.61. The Balaban J connectivity index is 2.78. The van der Waals surface area contributed by atoms with Crippen molar-refractivity contribution in [3.05, 3.63) is 34.9 Å². The van der Waals surface area contributed by atoms with Gasteiger partial charge in [0.1, 0.15) is 5.82 Å². The Bertz CT molecular complexity index is 532. The van der Waals surface area contributed by atoms with Crippen molar-refractivity contribution in [3.63, 3.8) is 0 Å². The predicted molar refractivity (Wildman–Crippen MR) is 68.4 cm³/mol. The number of hydrogen-bond acceptors (Lipinski definition) is 3. The molecule has 0 saturated carbocycles. The van der Waals surface area contributed by atoms with Gasteiger partial charge in [-0.15, -0.1) is 0 Å². The number of pyridine rings is 1. The van der Waals surface area contributed by atoms with Gasteiger partial charge < -0.3 is 5.43 Å². The van der Waals surface area contributed by atoms with Gasteiger partial charge >= 0.3 is 0 Å². The maximum Gasteiger partial charge on any atom is 0.143 e. The van der Waals surface area contributed by atoms with E-state index in [1.54, 1.807) is 0 Å². The molecule has 84 valence electrons. The number of hydrazine groups is 1. The highest BCUT2D eigenvalue weighted by Crippen LogP contribution is 2.24. The maximum absolute atomic E-state index is 5.48. The second-order valence-corrected chi connectivity index (χ2v) is 4.14. The van der Waals surface area contributed by atoms with Gasteiger partial charge in [-0.05, 0) is 49.1 Å². The van der Waals surface area contributed by atoms with Crippen LogP contribution in [0.2, 0.25) is 0 Å². The molecule has 0 spiro atoms. The lowest BCUT2D eigenvalue weighted by atomic mass is 10.0. The SMILES string of the molecule is CCc1cc2c(C)cc(C)cc2nc1NN. The lowest BCUT2D eigenvalue weighted by Gasteiger charge is -2.10. The number of rotatable bonds is 2. The third-order valence-electron chi connectivity index (χ3n) is 2.88. The third-order valence-corrected chi connectivity index (χ3v) is 2.88. The van der Waals surface area contributed by atoms with Crippen molar-refractivity contribution in [2.75, 3.05) is 5.43 Å². The summed E-state index contributed by atoms with van der Waals surface area (Å²) >= 11 is 0. The van der Waals surface area contributed by atoms with Gasteiger partial charge in [0.25, 0.3) is 0 Å². The van der Waals surface area contributed by atoms with Crippen LogP contribution in [0.15, 0.2) is 18.2 Å². The topological polar surface area (TPSA) is 50.9 Å². The van der Waals surface area contributed by atoms with Gasteiger partial charge in [0.2, 0.25) is 0 Å². The number of nitrogens with one attached hydrogen (secondary N) is 1. The molecule has 3 nitrogen and oxygen atoms in total. The second kappa shape index (κ2) is 4.10. The second-order valence-electron chi connectivity index (χ2n) is 4.14. The summed E-state index contributed by atoms with van der Waals surface area (Å²) in [5.41, 5.74) is 7.31. The van der Waals surface area contributed by atoms with E-state index in [2.05, 4.69) is 49.4 Å². The summed E-state index contributed by atoms with van der Waals surface area (Å²) in [7, 11) is 0. The molecule has 0 amide bonds.